The van der Waals surface area contributed by atoms with Crippen molar-refractivity contribution < 1.29 is 20.1 Å². The zero-order valence-electron chi connectivity index (χ0n) is 15.2. The quantitative estimate of drug-likeness (QED) is 0.258. The number of rotatable bonds is 0. The molecule has 0 aliphatic carbocycles. The minimum Gasteiger partial charge on any atom is -0.257 e. The molecular weight excluding hydrogens is 567 g/mol. The van der Waals surface area contributed by atoms with Gasteiger partial charge in [-0.1, -0.05) is 54.7 Å². The van der Waals surface area contributed by atoms with E-state index in [1.165, 1.54) is 22.6 Å². The van der Waals surface area contributed by atoms with Crippen molar-refractivity contribution in [1.82, 2.24) is 15.0 Å². The maximum Gasteiger partial charge on any atom is 0.0494 e. The summed E-state index contributed by atoms with van der Waals surface area (Å²) in [6, 6.07) is 18.7. The fraction of sp³-hybridized carbons (Fsp3) is 0.250. The number of aromatic nitrogens is 3. The van der Waals surface area contributed by atoms with Crippen molar-refractivity contribution in [2.24, 2.45) is 0 Å². The number of hydrogen-bond acceptors (Lipinski definition) is 3. The average Bonchev–Trinajstić information content (AvgIpc) is 3.56. The Morgan fingerprint density at radius 1 is 0.630 bits per heavy atom. The second-order valence-corrected chi connectivity index (χ2v) is 16.3. The first-order chi connectivity index (χ1) is 12.7. The van der Waals surface area contributed by atoms with Crippen molar-refractivity contribution >= 4 is 22.6 Å². The monoisotopic (exact) mass is 590 g/mol. The van der Waals surface area contributed by atoms with Gasteiger partial charge in [0.2, 0.25) is 0 Å². The third-order valence-electron chi connectivity index (χ3n) is 4.71. The van der Waals surface area contributed by atoms with Gasteiger partial charge in [0.15, 0.2) is 0 Å². The summed E-state index contributed by atoms with van der Waals surface area (Å²) in [4.78, 5) is 14.6. The van der Waals surface area contributed by atoms with Crippen molar-refractivity contribution in [1.29, 1.82) is 0 Å². The van der Waals surface area contributed by atoms with Crippen LogP contribution < -0.4 is 0 Å². The molecule has 1 aliphatic rings. The van der Waals surface area contributed by atoms with E-state index >= 15 is 0 Å². The molecule has 5 rings (SSSR count). The molecule has 0 fully saturated rings. The van der Waals surface area contributed by atoms with Crippen LogP contribution in [0.5, 0.6) is 0 Å². The van der Waals surface area contributed by atoms with Gasteiger partial charge in [-0.15, -0.1) is 0 Å². The molecule has 5 heterocycles. The van der Waals surface area contributed by atoms with E-state index in [-0.39, 0.29) is 31.9 Å². The summed E-state index contributed by atoms with van der Waals surface area (Å²) in [5, 5.41) is 0. The molecular formula is C20H22IrN3P3. The van der Waals surface area contributed by atoms with E-state index in [9.17, 15) is 0 Å². The van der Waals surface area contributed by atoms with E-state index in [0.29, 0.717) is 0 Å². The van der Waals surface area contributed by atoms with E-state index in [1.54, 1.807) is 0 Å². The third-order valence-corrected chi connectivity index (χ3v) is 7.96. The molecule has 2 atom stereocenters. The number of pyridine rings is 3. The molecule has 0 saturated heterocycles. The van der Waals surface area contributed by atoms with Crippen LogP contribution in [0.1, 0.15) is 59.8 Å². The van der Waals surface area contributed by atoms with E-state index in [4.69, 9.17) is 15.0 Å². The molecule has 27 heavy (non-hydrogen) atoms. The van der Waals surface area contributed by atoms with Crippen LogP contribution in [-0.4, -0.2) is 15.0 Å². The molecule has 2 unspecified atom stereocenters. The molecule has 0 saturated carbocycles. The first-order valence-corrected chi connectivity index (χ1v) is 14.8. The molecule has 7 heteroatoms. The van der Waals surface area contributed by atoms with Crippen molar-refractivity contribution in [2.45, 2.75) is 32.1 Å². The Morgan fingerprint density at radius 2 is 1.00 bits per heavy atom. The Bertz CT molecular complexity index is 912. The van der Waals surface area contributed by atoms with E-state index < -0.39 is 0 Å². The number of fused-ring (bicyclic) bond motifs is 6. The molecule has 4 aromatic heterocycles. The van der Waals surface area contributed by atoms with E-state index in [0.717, 1.165) is 40.6 Å². The van der Waals surface area contributed by atoms with Gasteiger partial charge in [0.25, 0.3) is 0 Å². The fourth-order valence-electron chi connectivity index (χ4n) is 3.12. The summed E-state index contributed by atoms with van der Waals surface area (Å²) in [5.41, 5.74) is 6.38. The third kappa shape index (κ3) is 5.29. The molecule has 141 valence electrons. The van der Waals surface area contributed by atoms with Gasteiger partial charge in [0.05, 0.1) is 0 Å². The van der Waals surface area contributed by atoms with Crippen molar-refractivity contribution in [2.75, 3.05) is 0 Å². The maximum atomic E-state index is 4.89. The van der Waals surface area contributed by atoms with Gasteiger partial charge in [0, 0.05) is 72.5 Å². The molecule has 4 aromatic rings. The van der Waals surface area contributed by atoms with E-state index in [1.807, 2.05) is 0 Å². The zero-order chi connectivity index (χ0) is 17.9. The van der Waals surface area contributed by atoms with Gasteiger partial charge < -0.3 is 0 Å². The molecule has 0 aromatic carbocycles. The van der Waals surface area contributed by atoms with Gasteiger partial charge in [-0.2, -0.15) is 0 Å². The van der Waals surface area contributed by atoms with Crippen LogP contribution in [-0.2, 0) is 26.5 Å². The van der Waals surface area contributed by atoms with Crippen LogP contribution in [0.4, 0.5) is 0 Å². The number of hydrogen-bond donors (Lipinski definition) is 0. The Hall–Kier alpha value is -1.00. The molecule has 0 spiro atoms. The molecule has 1 radical (unpaired) electrons. The Morgan fingerprint density at radius 3 is 1.41 bits per heavy atom. The smallest absolute Gasteiger partial charge is 0.0494 e. The van der Waals surface area contributed by atoms with Crippen molar-refractivity contribution in [3.63, 3.8) is 0 Å². The van der Waals surface area contributed by atoms with Crippen LogP contribution in [0.15, 0.2) is 54.6 Å². The summed E-state index contributed by atoms with van der Waals surface area (Å²) in [5.74, 6) is 0.376. The molecule has 6 bridgehead atoms. The molecule has 0 N–H and O–H groups in total. The van der Waals surface area contributed by atoms with Crippen molar-refractivity contribution in [3.05, 3.63) is 88.8 Å². The maximum absolute atomic E-state index is 4.89. The number of nitrogens with zero attached hydrogens (tertiary/aromatic N) is 3. The average molecular weight is 590 g/mol. The molecule has 1 aliphatic heterocycles. The van der Waals surface area contributed by atoms with Gasteiger partial charge in [-0.25, -0.2) is 0 Å². The molecule has 3 nitrogen and oxygen atoms in total. The second kappa shape index (κ2) is 9.47. The fourth-order valence-corrected chi connectivity index (χ4v) is 3.12. The van der Waals surface area contributed by atoms with Gasteiger partial charge in [0.1, 0.15) is 0 Å². The van der Waals surface area contributed by atoms with Crippen LogP contribution >= 0.6 is 22.6 Å². The summed E-state index contributed by atoms with van der Waals surface area (Å²) < 4.78 is 0. The van der Waals surface area contributed by atoms with Gasteiger partial charge in [-0.05, 0) is 36.4 Å². The summed E-state index contributed by atoms with van der Waals surface area (Å²) in [6.45, 7) is 4.35. The van der Waals surface area contributed by atoms with Crippen LogP contribution in [0.25, 0.3) is 0 Å². The Kier molecular flexibility index (Phi) is 7.27. The van der Waals surface area contributed by atoms with Gasteiger partial charge >= 0.3 is 0 Å². The topological polar surface area (TPSA) is 38.7 Å². The Labute approximate surface area is 178 Å². The standard InChI is InChI=1S/C20H19N3.Ir.H3P3/c1-13-17-8-3-6-15(21-17)12-16-7-4-9-18(22-16)14(2)20-11-5-10-19(13)23-20;;1-2-3-1/h3-11,13-14H,12H2,1-2H3;;1-3H. The minimum atomic E-state index is 0. The normalized spacial score (nSPS) is 18.4. The Balaban J connectivity index is 0.000000480. The largest absolute Gasteiger partial charge is 0.257 e. The zero-order valence-corrected chi connectivity index (χ0v) is 20.6. The second-order valence-electron chi connectivity index (χ2n) is 6.59. The predicted molar refractivity (Wildman–Crippen MR) is 115 cm³/mol. The SMILES string of the molecule is CC1c2cccc(n2)Cc2cccc(n2)C(C)c2cccc1n2.[Ir].[pH]1[pH][pH]1. The van der Waals surface area contributed by atoms with Crippen LogP contribution in [0.3, 0.4) is 0 Å². The van der Waals surface area contributed by atoms with E-state index in [2.05, 4.69) is 68.4 Å². The van der Waals surface area contributed by atoms with Crippen LogP contribution in [0, 0.1) is 0 Å². The van der Waals surface area contributed by atoms with Crippen molar-refractivity contribution in [3.8, 4) is 0 Å². The summed E-state index contributed by atoms with van der Waals surface area (Å²) in [7, 11) is 4.17. The molecule has 0 amide bonds. The van der Waals surface area contributed by atoms with Crippen LogP contribution in [0.2, 0.25) is 0 Å². The first-order valence-electron chi connectivity index (χ1n) is 8.84. The first kappa shape index (κ1) is 20.7. The summed E-state index contributed by atoms with van der Waals surface area (Å²) >= 11 is 0. The minimum absolute atomic E-state index is 0. The predicted octanol–water partition coefficient (Wildman–Crippen LogP) is 5.86. The summed E-state index contributed by atoms with van der Waals surface area (Å²) in [6.07, 6.45) is 0.766. The van der Waals surface area contributed by atoms with Gasteiger partial charge in [-0.3, -0.25) is 15.0 Å².